The molecule has 1 fully saturated rings. The number of hydrogen-bond donors (Lipinski definition) is 5. The number of hydrogen-bond acceptors (Lipinski definition) is 6. The molecule has 11 heteroatoms. The van der Waals surface area contributed by atoms with E-state index in [1.54, 1.807) is 0 Å². The number of aryl methyl sites for hydroxylation is 1. The van der Waals surface area contributed by atoms with Crippen LogP contribution in [0, 0.1) is 18.6 Å². The average Bonchev–Trinajstić information content (AvgIpc) is 2.68. The first-order chi connectivity index (χ1) is 14.2. The van der Waals surface area contributed by atoms with E-state index in [1.807, 2.05) is 0 Å². The Balaban J connectivity index is 1.91. The van der Waals surface area contributed by atoms with Crippen LogP contribution in [-0.2, 0) is 0 Å². The van der Waals surface area contributed by atoms with E-state index in [1.165, 1.54) is 19.2 Å². The Morgan fingerprint density at radius 3 is 2.47 bits per heavy atom. The van der Waals surface area contributed by atoms with Crippen LogP contribution in [-0.4, -0.2) is 39.2 Å². The maximum atomic E-state index is 14.6. The first kappa shape index (κ1) is 21.2. The molecule has 0 bridgehead atoms. The first-order valence-corrected chi connectivity index (χ1v) is 9.40. The van der Waals surface area contributed by atoms with E-state index in [0.717, 1.165) is 18.9 Å². The highest BCUT2D eigenvalue weighted by molar-refractivity contribution is 5.98. The molecule has 160 valence electrons. The molecule has 3 rings (SSSR count). The maximum Gasteiger partial charge on any atom is 0.404 e. The lowest BCUT2D eigenvalue weighted by atomic mass is 9.90. The molecule has 1 saturated carbocycles. The van der Waals surface area contributed by atoms with Crippen molar-refractivity contribution in [1.82, 2.24) is 15.3 Å². The molecule has 6 N–H and O–H groups in total. The summed E-state index contributed by atoms with van der Waals surface area (Å²) in [6.07, 6.45) is 3.08. The minimum Gasteiger partial charge on any atom is -0.465 e. The molecule has 1 aliphatic rings. The van der Waals surface area contributed by atoms with Crippen molar-refractivity contribution in [2.24, 2.45) is 5.73 Å². The standard InChI is InChI=1S/C19H22F2N6O3/c1-9-12(20)6-10(8-23-9)24-17-11(16(22)28)7-13(21)18(27-17)25-14-4-2-3-5-15(14)26-19(29)30/h6-8,14-15,26H,2-5H2,1H3,(H2,22,28)(H,29,30)(H2,24,25,27)/t14-,15+/m1/s1. The zero-order chi connectivity index (χ0) is 21.8. The van der Waals surface area contributed by atoms with E-state index < -0.39 is 29.7 Å². The van der Waals surface area contributed by atoms with Gasteiger partial charge in [-0.1, -0.05) is 12.8 Å². The van der Waals surface area contributed by atoms with Crippen LogP contribution in [0.3, 0.4) is 0 Å². The van der Waals surface area contributed by atoms with Crippen molar-refractivity contribution in [3.05, 3.63) is 41.2 Å². The summed E-state index contributed by atoms with van der Waals surface area (Å²) in [4.78, 5) is 30.8. The highest BCUT2D eigenvalue weighted by Gasteiger charge is 2.28. The molecule has 2 atom stereocenters. The number of amides is 2. The van der Waals surface area contributed by atoms with E-state index in [9.17, 15) is 18.4 Å². The molecule has 2 amide bonds. The largest absolute Gasteiger partial charge is 0.465 e. The summed E-state index contributed by atoms with van der Waals surface area (Å²) in [5.74, 6) is -2.55. The fourth-order valence-corrected chi connectivity index (χ4v) is 3.40. The normalized spacial score (nSPS) is 18.5. The molecule has 9 nitrogen and oxygen atoms in total. The molecule has 30 heavy (non-hydrogen) atoms. The van der Waals surface area contributed by atoms with Crippen LogP contribution in [0.1, 0.15) is 41.7 Å². The van der Waals surface area contributed by atoms with Gasteiger partial charge in [-0.15, -0.1) is 0 Å². The molecular formula is C19H22F2N6O3. The van der Waals surface area contributed by atoms with Crippen LogP contribution >= 0.6 is 0 Å². The third kappa shape index (κ3) is 4.91. The predicted octanol–water partition coefficient (Wildman–Crippen LogP) is 2.90. The fraction of sp³-hybridized carbons (Fsp3) is 0.368. The number of nitrogens with zero attached hydrogens (tertiary/aromatic N) is 2. The first-order valence-electron chi connectivity index (χ1n) is 9.40. The van der Waals surface area contributed by atoms with E-state index in [4.69, 9.17) is 10.8 Å². The molecule has 2 aromatic rings. The van der Waals surface area contributed by atoms with Gasteiger partial charge in [0.05, 0.1) is 29.2 Å². The highest BCUT2D eigenvalue weighted by Crippen LogP contribution is 2.27. The number of halogens is 2. The molecule has 0 unspecified atom stereocenters. The van der Waals surface area contributed by atoms with E-state index in [2.05, 4.69) is 25.9 Å². The zero-order valence-corrected chi connectivity index (χ0v) is 16.2. The van der Waals surface area contributed by atoms with Gasteiger partial charge in [0.2, 0.25) is 0 Å². The summed E-state index contributed by atoms with van der Waals surface area (Å²) in [6, 6.07) is 1.29. The Kier molecular flexibility index (Phi) is 6.28. The summed E-state index contributed by atoms with van der Waals surface area (Å²) in [6.45, 7) is 1.50. The number of carbonyl (C=O) groups is 2. The third-order valence-corrected chi connectivity index (χ3v) is 4.93. The second kappa shape index (κ2) is 8.89. The van der Waals surface area contributed by atoms with Gasteiger partial charge >= 0.3 is 6.09 Å². The number of anilines is 3. The number of nitrogens with one attached hydrogen (secondary N) is 3. The Morgan fingerprint density at radius 1 is 1.13 bits per heavy atom. The molecular weight excluding hydrogens is 398 g/mol. The summed E-state index contributed by atoms with van der Waals surface area (Å²) in [7, 11) is 0. The van der Waals surface area contributed by atoms with Gasteiger partial charge in [0, 0.05) is 12.1 Å². The van der Waals surface area contributed by atoms with Gasteiger partial charge < -0.3 is 26.8 Å². The number of pyridine rings is 2. The van der Waals surface area contributed by atoms with Gasteiger partial charge in [-0.3, -0.25) is 9.78 Å². The number of rotatable bonds is 6. The Bertz CT molecular complexity index is 972. The van der Waals surface area contributed by atoms with Gasteiger partial charge in [0.15, 0.2) is 11.6 Å². The zero-order valence-electron chi connectivity index (χ0n) is 16.2. The van der Waals surface area contributed by atoms with E-state index in [0.29, 0.717) is 12.8 Å². The number of carboxylic acid groups (broad SMARTS) is 1. The van der Waals surface area contributed by atoms with Crippen molar-refractivity contribution in [2.75, 3.05) is 10.6 Å². The third-order valence-electron chi connectivity index (χ3n) is 4.93. The number of aromatic nitrogens is 2. The molecule has 2 aromatic heterocycles. The van der Waals surface area contributed by atoms with Gasteiger partial charge in [-0.05, 0) is 25.8 Å². The molecule has 2 heterocycles. The van der Waals surface area contributed by atoms with Crippen molar-refractivity contribution in [1.29, 1.82) is 0 Å². The highest BCUT2D eigenvalue weighted by atomic mass is 19.1. The average molecular weight is 420 g/mol. The van der Waals surface area contributed by atoms with Crippen LogP contribution in [0.2, 0.25) is 0 Å². The number of nitrogens with two attached hydrogens (primary N) is 1. The monoisotopic (exact) mass is 420 g/mol. The topological polar surface area (TPSA) is 142 Å². The smallest absolute Gasteiger partial charge is 0.404 e. The van der Waals surface area contributed by atoms with Gasteiger partial charge in [-0.2, -0.15) is 0 Å². The lowest BCUT2D eigenvalue weighted by Crippen LogP contribution is -2.48. The predicted molar refractivity (Wildman–Crippen MR) is 106 cm³/mol. The van der Waals surface area contributed by atoms with Gasteiger partial charge in [0.1, 0.15) is 11.6 Å². The fourth-order valence-electron chi connectivity index (χ4n) is 3.40. The van der Waals surface area contributed by atoms with Crippen molar-refractivity contribution < 1.29 is 23.5 Å². The Labute approximate surface area is 171 Å². The number of carbonyl (C=O) groups excluding carboxylic acids is 1. The van der Waals surface area contributed by atoms with Crippen LogP contribution in [0.15, 0.2) is 18.3 Å². The molecule has 1 aliphatic carbocycles. The molecule has 0 radical (unpaired) electrons. The maximum absolute atomic E-state index is 14.6. The van der Waals surface area contributed by atoms with Crippen molar-refractivity contribution in [3.63, 3.8) is 0 Å². The van der Waals surface area contributed by atoms with Crippen LogP contribution < -0.4 is 21.7 Å². The van der Waals surface area contributed by atoms with Crippen LogP contribution in [0.25, 0.3) is 0 Å². The van der Waals surface area contributed by atoms with Crippen molar-refractivity contribution in [3.8, 4) is 0 Å². The molecule has 0 spiro atoms. The minimum atomic E-state index is -1.16. The van der Waals surface area contributed by atoms with E-state index in [-0.39, 0.29) is 34.6 Å². The van der Waals surface area contributed by atoms with Gasteiger partial charge in [-0.25, -0.2) is 18.6 Å². The molecule has 0 aromatic carbocycles. The molecule has 0 aliphatic heterocycles. The number of primary amides is 1. The minimum absolute atomic E-state index is 0.0741. The van der Waals surface area contributed by atoms with Crippen molar-refractivity contribution >= 4 is 29.3 Å². The second-order valence-electron chi connectivity index (χ2n) is 7.09. The van der Waals surface area contributed by atoms with Crippen LogP contribution in [0.5, 0.6) is 0 Å². The Hall–Kier alpha value is -3.50. The molecule has 0 saturated heterocycles. The van der Waals surface area contributed by atoms with Gasteiger partial charge in [0.25, 0.3) is 5.91 Å². The van der Waals surface area contributed by atoms with Crippen LogP contribution in [0.4, 0.5) is 30.9 Å². The second-order valence-corrected chi connectivity index (χ2v) is 7.09. The van der Waals surface area contributed by atoms with Crippen molar-refractivity contribution in [2.45, 2.75) is 44.7 Å². The Morgan fingerprint density at radius 2 is 1.83 bits per heavy atom. The summed E-state index contributed by atoms with van der Waals surface area (Å²) < 4.78 is 28.4. The quantitative estimate of drug-likeness (QED) is 0.484. The summed E-state index contributed by atoms with van der Waals surface area (Å²) >= 11 is 0. The SMILES string of the molecule is Cc1ncc(Nc2nc(N[C@@H]3CCCC[C@@H]3NC(=O)O)c(F)cc2C(N)=O)cc1F. The summed E-state index contributed by atoms with van der Waals surface area (Å²) in [5, 5.41) is 17.1. The lowest BCUT2D eigenvalue weighted by molar-refractivity contribution is 0.1000. The summed E-state index contributed by atoms with van der Waals surface area (Å²) in [5.41, 5.74) is 5.51. The lowest BCUT2D eigenvalue weighted by Gasteiger charge is -2.32. The van der Waals surface area contributed by atoms with E-state index >= 15 is 0 Å².